The summed E-state index contributed by atoms with van der Waals surface area (Å²) < 4.78 is 18.1. The Morgan fingerprint density at radius 1 is 0.873 bits per heavy atom. The molecule has 0 amide bonds. The van der Waals surface area contributed by atoms with Gasteiger partial charge in [-0.15, -0.1) is 24.5 Å². The van der Waals surface area contributed by atoms with Gasteiger partial charge < -0.3 is 15.5 Å². The molecule has 0 aliphatic heterocycles. The quantitative estimate of drug-likeness (QED) is 0.0290. The van der Waals surface area contributed by atoms with Crippen LogP contribution < -0.4 is 25.8 Å². The van der Waals surface area contributed by atoms with Gasteiger partial charge in [-0.2, -0.15) is 0 Å². The number of fused-ring (bicyclic) bond motifs is 2. The minimum Gasteiger partial charge on any atom is -0.388 e. The van der Waals surface area contributed by atoms with Gasteiger partial charge in [-0.3, -0.25) is 0 Å². The highest BCUT2D eigenvalue weighted by molar-refractivity contribution is 7.31. The van der Waals surface area contributed by atoms with E-state index < -0.39 is 6.88 Å². The van der Waals surface area contributed by atoms with Gasteiger partial charge in [-0.25, -0.2) is 0 Å². The summed E-state index contributed by atoms with van der Waals surface area (Å²) in [6, 6.07) is 28.0. The molecule has 1 aliphatic carbocycles. The Morgan fingerprint density at radius 2 is 1.56 bits per heavy atom. The Balaban J connectivity index is 1.86. The molecule has 1 aromatic heterocycles. The Hall–Kier alpha value is -5.52. The normalized spacial score (nSPS) is 17.4. The first-order valence-electron chi connectivity index (χ1n) is 31.3. The van der Waals surface area contributed by atoms with Gasteiger partial charge in [0.25, 0.3) is 6.71 Å². The van der Waals surface area contributed by atoms with Crippen LogP contribution in [0.5, 0.6) is 0 Å². The summed E-state index contributed by atoms with van der Waals surface area (Å²) in [6.07, 6.45) is 39.7. The molecule has 5 rings (SSSR count). The average molecular weight is 1080 g/mol. The second-order valence-electron chi connectivity index (χ2n) is 24.8. The molecule has 0 fully saturated rings. The van der Waals surface area contributed by atoms with Crippen LogP contribution in [0.1, 0.15) is 205 Å². The largest absolute Gasteiger partial charge is 0.388 e. The minimum absolute atomic E-state index is 0.0912. The zero-order valence-electron chi connectivity index (χ0n) is 53.4. The van der Waals surface area contributed by atoms with Gasteiger partial charge in [0.1, 0.15) is 0 Å². The van der Waals surface area contributed by atoms with Crippen LogP contribution in [0.15, 0.2) is 193 Å². The number of hydrogen-bond donors (Lipinski definition) is 2. The number of para-hydroxylation sites is 1. The van der Waals surface area contributed by atoms with Crippen molar-refractivity contribution in [1.29, 1.82) is 0 Å². The van der Waals surface area contributed by atoms with E-state index in [-0.39, 0.29) is 17.5 Å². The summed E-state index contributed by atoms with van der Waals surface area (Å²) in [4.78, 5) is 2.38. The predicted molar refractivity (Wildman–Crippen MR) is 357 cm³/mol. The van der Waals surface area contributed by atoms with E-state index in [0.29, 0.717) is 49.1 Å². The van der Waals surface area contributed by atoms with Gasteiger partial charge >= 0.3 is 0 Å². The number of thiophene rings is 1. The van der Waals surface area contributed by atoms with E-state index in [9.17, 15) is 0 Å². The molecule has 3 aromatic carbocycles. The van der Waals surface area contributed by atoms with Gasteiger partial charge in [0.15, 0.2) is 0 Å². The second-order valence-corrected chi connectivity index (χ2v) is 25.9. The number of unbranched alkanes of at least 4 members (excludes halogenated alkanes) is 1. The van der Waals surface area contributed by atoms with Crippen molar-refractivity contribution in [3.8, 4) is 0 Å². The lowest BCUT2D eigenvalue weighted by Crippen LogP contribution is -2.46. The Bertz CT molecular complexity index is 2800. The second kappa shape index (κ2) is 32.1. The number of rotatable bonds is 32. The topological polar surface area (TPSA) is 27.3 Å². The molecule has 2 N–H and O–H groups in total. The fraction of sp³-hybridized carbons (Fsp3) is 0.459. The lowest BCUT2D eigenvalue weighted by Gasteiger charge is -2.30. The SMILES string of the molecule is [2H]C([2H])C/C=C\C=C/CN(/C(C)=C/C(N\C=C(CC(C=C)C(C)C)/C(C)=C/C=C\C)=C(\CN/C=C/CC(C)(C)CCC(C)(C)CC=C)B(c1ccc(C(C)CCCC)cc1)c1cc2cc3c(cc2s1)C(C)CCC3C)c1ccccc1. The summed E-state index contributed by atoms with van der Waals surface area (Å²) >= 11 is 1.97. The molecule has 4 aromatic rings. The smallest absolute Gasteiger partial charge is 0.254 e. The maximum Gasteiger partial charge on any atom is 0.254 e. The summed E-state index contributed by atoms with van der Waals surface area (Å²) in [6.45, 7) is 38.9. The summed E-state index contributed by atoms with van der Waals surface area (Å²) in [5.74, 6) is 2.29. The van der Waals surface area contributed by atoms with E-state index in [1.165, 1.54) is 85.7 Å². The van der Waals surface area contributed by atoms with E-state index in [1.54, 1.807) is 0 Å². The number of allylic oxidation sites excluding steroid dienone is 13. The van der Waals surface area contributed by atoms with Gasteiger partial charge in [0.05, 0.1) is 0 Å². The van der Waals surface area contributed by atoms with Crippen LogP contribution in [0.2, 0.25) is 0 Å². The molecule has 1 aliphatic rings. The highest BCUT2D eigenvalue weighted by atomic mass is 32.1. The van der Waals surface area contributed by atoms with Crippen molar-refractivity contribution in [3.05, 3.63) is 210 Å². The number of anilines is 1. The molecule has 0 saturated carbocycles. The highest BCUT2D eigenvalue weighted by Crippen LogP contribution is 2.42. The van der Waals surface area contributed by atoms with Crippen LogP contribution in [0.3, 0.4) is 0 Å². The van der Waals surface area contributed by atoms with E-state index >= 15 is 0 Å². The highest BCUT2D eigenvalue weighted by Gasteiger charge is 2.31. The molecule has 424 valence electrons. The maximum absolute atomic E-state index is 7.71. The molecule has 4 atom stereocenters. The molecule has 0 saturated heterocycles. The van der Waals surface area contributed by atoms with Crippen molar-refractivity contribution in [2.75, 3.05) is 18.0 Å². The van der Waals surface area contributed by atoms with Crippen LogP contribution in [-0.4, -0.2) is 19.8 Å². The van der Waals surface area contributed by atoms with Crippen LogP contribution in [0.25, 0.3) is 10.1 Å². The third-order valence-electron chi connectivity index (χ3n) is 16.7. The van der Waals surface area contributed by atoms with Crippen molar-refractivity contribution in [2.45, 2.75) is 185 Å². The van der Waals surface area contributed by atoms with E-state index in [2.05, 4.69) is 259 Å². The first kappa shape index (κ1) is 61.1. The van der Waals surface area contributed by atoms with E-state index in [0.717, 1.165) is 49.2 Å². The number of benzene rings is 3. The van der Waals surface area contributed by atoms with Crippen molar-refractivity contribution < 1.29 is 2.74 Å². The van der Waals surface area contributed by atoms with Crippen LogP contribution in [0.4, 0.5) is 5.69 Å². The van der Waals surface area contributed by atoms with Gasteiger partial charge in [0.2, 0.25) is 0 Å². The van der Waals surface area contributed by atoms with Crippen molar-refractivity contribution in [2.24, 2.45) is 22.7 Å². The molecular formula is C74H104BN3S. The molecule has 79 heavy (non-hydrogen) atoms. The Labute approximate surface area is 490 Å². The average Bonchev–Trinajstić information content (AvgIpc) is 4.07. The van der Waals surface area contributed by atoms with Crippen LogP contribution in [0, 0.1) is 22.7 Å². The van der Waals surface area contributed by atoms with Gasteiger partial charge in [-0.1, -0.05) is 198 Å². The van der Waals surface area contributed by atoms with Crippen LogP contribution in [-0.2, 0) is 0 Å². The molecule has 5 heteroatoms. The minimum atomic E-state index is -0.874. The molecule has 1 heterocycles. The number of hydrogen-bond acceptors (Lipinski definition) is 4. The fourth-order valence-corrected chi connectivity index (χ4v) is 12.4. The third-order valence-corrected chi connectivity index (χ3v) is 17.9. The zero-order valence-corrected chi connectivity index (χ0v) is 52.3. The van der Waals surface area contributed by atoms with Gasteiger partial charge in [0, 0.05) is 43.8 Å². The van der Waals surface area contributed by atoms with Crippen LogP contribution >= 0.6 is 11.3 Å². The first-order valence-corrected chi connectivity index (χ1v) is 31.0. The van der Waals surface area contributed by atoms with Crippen molar-refractivity contribution in [1.82, 2.24) is 10.6 Å². The lowest BCUT2D eigenvalue weighted by molar-refractivity contribution is 0.242. The summed E-state index contributed by atoms with van der Waals surface area (Å²) in [7, 11) is 0. The maximum atomic E-state index is 7.71. The third kappa shape index (κ3) is 19.6. The number of nitrogens with zero attached hydrogens (tertiary/aromatic N) is 1. The van der Waals surface area contributed by atoms with Crippen molar-refractivity contribution in [3.63, 3.8) is 0 Å². The molecule has 4 unspecified atom stereocenters. The number of nitrogens with one attached hydrogen (secondary N) is 2. The molecule has 0 radical (unpaired) electrons. The molecule has 3 nitrogen and oxygen atoms in total. The molecule has 0 bridgehead atoms. The molecular weight excluding hydrogens is 974 g/mol. The van der Waals surface area contributed by atoms with Gasteiger partial charge in [-0.05, 0) is 205 Å². The lowest BCUT2D eigenvalue weighted by atomic mass is 9.38. The Morgan fingerprint density at radius 3 is 2.20 bits per heavy atom. The zero-order chi connectivity index (χ0) is 59.1. The van der Waals surface area contributed by atoms with E-state index in [4.69, 9.17) is 2.74 Å². The summed E-state index contributed by atoms with van der Waals surface area (Å²) in [5.41, 5.74) is 13.1. The monoisotopic (exact) mass is 1080 g/mol. The standard InChI is InChI=1S/C74H104BN3S/c1-17-22-25-26-30-47-78(66-34-28-27-29-35-66)60(12)48-70(77-53-64(57(9)33-24-19-3)49-61(21-5)55(6)7)69(54-76-46-31-43-74(15,16)45-44-73(13,14)42-20-4)75(65-40-38-62(39-41-65)56(8)32-23-18-2)72-51-63-50-67-58(10)36-37-59(11)68(67)52-71(63)79-72/h19-22,24-31,33-35,38-41,46,48,50-53,55-56,58-59,61,76-77H,4-5,17-18,23,32,36-37,42-45,47,49,54H2,1-3,6-16H3/b24-19-,25-22-,30-26-,46-31+,57-33+,60-48+,64-53-,70-69-/i1D2. The predicted octanol–water partition coefficient (Wildman–Crippen LogP) is 20.3. The first-order chi connectivity index (χ1) is 38.7. The summed E-state index contributed by atoms with van der Waals surface area (Å²) in [5, 5.41) is 9.42. The fourth-order valence-electron chi connectivity index (χ4n) is 11.1. The van der Waals surface area contributed by atoms with Crippen molar-refractivity contribution >= 4 is 44.1 Å². The van der Waals surface area contributed by atoms with E-state index in [1.807, 2.05) is 23.5 Å². The molecule has 0 spiro atoms. The Kier molecular flexibility index (Phi) is 24.8.